The molecule has 1 saturated carbocycles. The summed E-state index contributed by atoms with van der Waals surface area (Å²) in [6.45, 7) is 0.968. The lowest BCUT2D eigenvalue weighted by Crippen LogP contribution is -2.42. The fourth-order valence-electron chi connectivity index (χ4n) is 2.86. The van der Waals surface area contributed by atoms with E-state index in [1.54, 1.807) is 4.90 Å². The van der Waals surface area contributed by atoms with E-state index >= 15 is 0 Å². The van der Waals surface area contributed by atoms with Crippen molar-refractivity contribution in [2.24, 2.45) is 5.92 Å². The second-order valence-electron chi connectivity index (χ2n) is 5.42. The Kier molecular flexibility index (Phi) is 4.96. The highest BCUT2D eigenvalue weighted by atomic mass is 32.2. The monoisotopic (exact) mass is 287 g/mol. The van der Waals surface area contributed by atoms with Crippen LogP contribution >= 0.6 is 0 Å². The summed E-state index contributed by atoms with van der Waals surface area (Å²) in [4.78, 5) is 24.5. The van der Waals surface area contributed by atoms with Crippen molar-refractivity contribution in [3.8, 4) is 0 Å². The van der Waals surface area contributed by atoms with Crippen molar-refractivity contribution in [1.82, 2.24) is 4.90 Å². The molecule has 0 spiro atoms. The molecule has 2 rings (SSSR count). The Morgan fingerprint density at radius 3 is 2.21 bits per heavy atom. The van der Waals surface area contributed by atoms with E-state index in [2.05, 4.69) is 0 Å². The summed E-state index contributed by atoms with van der Waals surface area (Å²) in [5, 5.41) is 9.09. The Morgan fingerprint density at radius 1 is 1.11 bits per heavy atom. The van der Waals surface area contributed by atoms with Crippen LogP contribution in [0.1, 0.15) is 38.5 Å². The number of carboxylic acid groups (broad SMARTS) is 1. The zero-order chi connectivity index (χ0) is 13.8. The molecule has 1 amide bonds. The predicted molar refractivity (Wildman–Crippen MR) is 72.2 cm³/mol. The van der Waals surface area contributed by atoms with Gasteiger partial charge in [0.05, 0.1) is 5.92 Å². The van der Waals surface area contributed by atoms with Gasteiger partial charge in [0, 0.05) is 29.1 Å². The average Bonchev–Trinajstić information content (AvgIpc) is 2.92. The molecule has 1 saturated heterocycles. The Bertz CT molecular complexity index is 371. The normalized spacial score (nSPS) is 23.5. The third-order valence-electron chi connectivity index (χ3n) is 4.14. The number of likely N-dealkylation sites (tertiary alicyclic amines) is 1. The zero-order valence-corrected chi connectivity index (χ0v) is 11.9. The smallest absolute Gasteiger partial charge is 0.306 e. The van der Waals surface area contributed by atoms with Crippen molar-refractivity contribution in [3.05, 3.63) is 0 Å². The predicted octanol–water partition coefficient (Wildman–Crippen LogP) is 1.00. The Balaban J connectivity index is 1.78. The summed E-state index contributed by atoms with van der Waals surface area (Å²) in [5.41, 5.74) is 0. The average molecular weight is 287 g/mol. The number of amides is 1. The van der Waals surface area contributed by atoms with E-state index in [0.29, 0.717) is 25.9 Å². The summed E-state index contributed by atoms with van der Waals surface area (Å²) < 4.78 is 12.0. The third-order valence-corrected chi connectivity index (χ3v) is 5.88. The van der Waals surface area contributed by atoms with Crippen LogP contribution in [-0.2, 0) is 20.4 Å². The van der Waals surface area contributed by atoms with E-state index in [1.165, 1.54) is 0 Å². The molecule has 1 aliphatic carbocycles. The van der Waals surface area contributed by atoms with Gasteiger partial charge in [-0.05, 0) is 25.7 Å². The Labute approximate surface area is 115 Å². The van der Waals surface area contributed by atoms with E-state index in [-0.39, 0.29) is 22.8 Å². The van der Waals surface area contributed by atoms with Crippen LogP contribution in [0.3, 0.4) is 0 Å². The second kappa shape index (κ2) is 6.50. The van der Waals surface area contributed by atoms with Crippen molar-refractivity contribution < 1.29 is 18.9 Å². The van der Waals surface area contributed by atoms with Gasteiger partial charge in [0.15, 0.2) is 0 Å². The molecule has 6 heteroatoms. The topological polar surface area (TPSA) is 74.7 Å². The van der Waals surface area contributed by atoms with Crippen LogP contribution < -0.4 is 0 Å². The molecule has 0 radical (unpaired) electrons. The van der Waals surface area contributed by atoms with Crippen LogP contribution in [0, 0.1) is 5.92 Å². The van der Waals surface area contributed by atoms with Gasteiger partial charge in [0.25, 0.3) is 0 Å². The van der Waals surface area contributed by atoms with Crippen LogP contribution in [0.2, 0.25) is 0 Å². The van der Waals surface area contributed by atoms with Gasteiger partial charge in [0.1, 0.15) is 5.75 Å². The van der Waals surface area contributed by atoms with Crippen LogP contribution in [0.25, 0.3) is 0 Å². The quantitative estimate of drug-likeness (QED) is 0.837. The van der Waals surface area contributed by atoms with Crippen LogP contribution in [0.4, 0.5) is 0 Å². The molecular weight excluding hydrogens is 266 g/mol. The fraction of sp³-hybridized carbons (Fsp3) is 0.846. The van der Waals surface area contributed by atoms with E-state index < -0.39 is 16.8 Å². The first kappa shape index (κ1) is 14.5. The molecule has 2 fully saturated rings. The first-order valence-corrected chi connectivity index (χ1v) is 8.34. The maximum Gasteiger partial charge on any atom is 0.306 e. The zero-order valence-electron chi connectivity index (χ0n) is 11.0. The van der Waals surface area contributed by atoms with Gasteiger partial charge < -0.3 is 10.0 Å². The minimum Gasteiger partial charge on any atom is -0.481 e. The summed E-state index contributed by atoms with van der Waals surface area (Å²) in [6, 6.07) is 0. The molecule has 0 aromatic heterocycles. The molecule has 1 heterocycles. The summed E-state index contributed by atoms with van der Waals surface area (Å²) in [6.07, 6.45) is 5.21. The van der Waals surface area contributed by atoms with Crippen LogP contribution in [0.15, 0.2) is 0 Å². The first-order valence-electron chi connectivity index (χ1n) is 6.95. The number of hydrogen-bond donors (Lipinski definition) is 1. The van der Waals surface area contributed by atoms with Gasteiger partial charge >= 0.3 is 5.97 Å². The van der Waals surface area contributed by atoms with E-state index in [0.717, 1.165) is 25.7 Å². The number of hydrogen-bond acceptors (Lipinski definition) is 3. The number of rotatable bonds is 4. The number of nitrogens with zero attached hydrogens (tertiary/aromatic N) is 1. The van der Waals surface area contributed by atoms with Gasteiger partial charge in [0.2, 0.25) is 5.91 Å². The molecule has 0 bridgehead atoms. The van der Waals surface area contributed by atoms with Gasteiger partial charge in [-0.3, -0.25) is 13.8 Å². The molecule has 108 valence electrons. The highest BCUT2D eigenvalue weighted by molar-refractivity contribution is 7.86. The molecule has 5 nitrogen and oxygen atoms in total. The van der Waals surface area contributed by atoms with Gasteiger partial charge in [-0.15, -0.1) is 0 Å². The lowest BCUT2D eigenvalue weighted by molar-refractivity contribution is -0.145. The van der Waals surface area contributed by atoms with E-state index in [4.69, 9.17) is 5.11 Å². The fourth-order valence-corrected chi connectivity index (χ4v) is 4.38. The molecule has 1 N–H and O–H groups in total. The third kappa shape index (κ3) is 3.78. The van der Waals surface area contributed by atoms with Crippen molar-refractivity contribution in [2.45, 2.75) is 43.8 Å². The molecule has 1 unspecified atom stereocenters. The lowest BCUT2D eigenvalue weighted by atomic mass is 9.97. The van der Waals surface area contributed by atoms with Crippen LogP contribution in [0.5, 0.6) is 0 Å². The number of piperidine rings is 1. The molecular formula is C13H21NO4S. The van der Waals surface area contributed by atoms with Crippen molar-refractivity contribution in [2.75, 3.05) is 18.8 Å². The summed E-state index contributed by atoms with van der Waals surface area (Å²) in [5.74, 6) is -1.07. The minimum absolute atomic E-state index is 0.0749. The van der Waals surface area contributed by atoms with Gasteiger partial charge in [-0.25, -0.2) is 0 Å². The second-order valence-corrected chi connectivity index (χ2v) is 7.14. The molecule has 1 aliphatic heterocycles. The number of carboxylic acids is 1. The van der Waals surface area contributed by atoms with E-state index in [1.807, 2.05) is 0 Å². The molecule has 0 aromatic rings. The maximum absolute atomic E-state index is 12.0. The summed E-state index contributed by atoms with van der Waals surface area (Å²) >= 11 is 0. The largest absolute Gasteiger partial charge is 0.481 e. The van der Waals surface area contributed by atoms with Crippen molar-refractivity contribution in [1.29, 1.82) is 0 Å². The minimum atomic E-state index is -1.05. The maximum atomic E-state index is 12.0. The van der Waals surface area contributed by atoms with Gasteiger partial charge in [-0.2, -0.15) is 0 Å². The molecule has 19 heavy (non-hydrogen) atoms. The molecule has 0 aromatic carbocycles. The van der Waals surface area contributed by atoms with E-state index in [9.17, 15) is 13.8 Å². The summed E-state index contributed by atoms with van der Waals surface area (Å²) in [7, 11) is -1.05. The number of carbonyl (C=O) groups is 2. The lowest BCUT2D eigenvalue weighted by Gasteiger charge is -2.30. The highest BCUT2D eigenvalue weighted by Gasteiger charge is 2.29. The molecule has 1 atom stereocenters. The first-order chi connectivity index (χ1) is 9.08. The van der Waals surface area contributed by atoms with Gasteiger partial charge in [-0.1, -0.05) is 12.8 Å². The number of carbonyl (C=O) groups excluding carboxylic acids is 1. The SMILES string of the molecule is O=C(O)C1CCN(C(=O)CS(=O)C2CCCC2)CC1. The van der Waals surface area contributed by atoms with Crippen molar-refractivity contribution in [3.63, 3.8) is 0 Å². The Morgan fingerprint density at radius 2 is 1.68 bits per heavy atom. The van der Waals surface area contributed by atoms with Crippen molar-refractivity contribution >= 4 is 22.7 Å². The molecule has 2 aliphatic rings. The standard InChI is InChI=1S/C13H21NO4S/c15-12(9-19(18)11-3-1-2-4-11)14-7-5-10(6-8-14)13(16)17/h10-11H,1-9H2,(H,16,17). The van der Waals surface area contributed by atoms with Crippen LogP contribution in [-0.4, -0.2) is 50.2 Å². The highest BCUT2D eigenvalue weighted by Crippen LogP contribution is 2.23. The number of aliphatic carboxylic acids is 1. The Hall–Kier alpha value is -0.910.